The summed E-state index contributed by atoms with van der Waals surface area (Å²) in [6.07, 6.45) is 3.67. The molecular formula is C30H32N2O6. The number of furan rings is 1. The highest BCUT2D eigenvalue weighted by Gasteiger charge is 2.31. The van der Waals surface area contributed by atoms with Gasteiger partial charge in [-0.05, 0) is 69.0 Å². The first-order chi connectivity index (χ1) is 18.2. The third-order valence-corrected chi connectivity index (χ3v) is 6.95. The molecule has 0 saturated carbocycles. The summed E-state index contributed by atoms with van der Waals surface area (Å²) in [6, 6.07) is 9.79. The Hall–Kier alpha value is -3.83. The number of fused-ring (bicyclic) bond motifs is 3. The van der Waals surface area contributed by atoms with Gasteiger partial charge in [-0.3, -0.25) is 14.9 Å². The Morgan fingerprint density at radius 2 is 1.89 bits per heavy atom. The normalized spacial score (nSPS) is 18.8. The summed E-state index contributed by atoms with van der Waals surface area (Å²) in [5, 5.41) is 5.24. The van der Waals surface area contributed by atoms with Gasteiger partial charge in [-0.15, -0.1) is 0 Å². The predicted octanol–water partition coefficient (Wildman–Crippen LogP) is 4.87. The van der Waals surface area contributed by atoms with Crippen LogP contribution in [0.4, 0.5) is 4.79 Å². The standard InChI is InChI=1S/C30H32N2O6/c1-30(2,3)38-29(35)32-15-13-20(14-16-32)36-17-5-7-19-6-4-8-22-21(19)9-11-25-27(22)24(18-37-25)23-10-12-26(33)31-28(23)34/h4,6,8-9,11,18,20,23H,10,12-17H2,1-3H3,(H,31,33,34). The van der Waals surface area contributed by atoms with Crippen molar-refractivity contribution in [3.8, 4) is 11.8 Å². The van der Waals surface area contributed by atoms with E-state index in [-0.39, 0.29) is 24.0 Å². The molecule has 0 radical (unpaired) electrons. The summed E-state index contributed by atoms with van der Waals surface area (Å²) >= 11 is 0. The first-order valence-corrected chi connectivity index (χ1v) is 13.0. The second kappa shape index (κ2) is 10.5. The smallest absolute Gasteiger partial charge is 0.410 e. The zero-order valence-electron chi connectivity index (χ0n) is 22.0. The van der Waals surface area contributed by atoms with Gasteiger partial charge in [0.1, 0.15) is 17.8 Å². The van der Waals surface area contributed by atoms with Gasteiger partial charge < -0.3 is 18.8 Å². The molecule has 2 aliphatic heterocycles. The molecule has 0 bridgehead atoms. The first-order valence-electron chi connectivity index (χ1n) is 13.0. The number of hydrogen-bond donors (Lipinski definition) is 1. The Bertz CT molecular complexity index is 1450. The first kappa shape index (κ1) is 25.8. The largest absolute Gasteiger partial charge is 0.464 e. The van der Waals surface area contributed by atoms with E-state index in [2.05, 4.69) is 17.2 Å². The number of rotatable bonds is 3. The van der Waals surface area contributed by atoms with Gasteiger partial charge in [-0.2, -0.15) is 0 Å². The number of benzene rings is 2. The molecule has 1 aromatic heterocycles. The van der Waals surface area contributed by atoms with Crippen LogP contribution >= 0.6 is 0 Å². The lowest BCUT2D eigenvalue weighted by Crippen LogP contribution is -2.43. The molecule has 5 rings (SSSR count). The topological polar surface area (TPSA) is 98.1 Å². The Kier molecular flexibility index (Phi) is 7.13. The van der Waals surface area contributed by atoms with Crippen LogP contribution in [-0.4, -0.2) is 54.2 Å². The fourth-order valence-electron chi connectivity index (χ4n) is 5.10. The van der Waals surface area contributed by atoms with Crippen molar-refractivity contribution in [2.24, 2.45) is 0 Å². The van der Waals surface area contributed by atoms with Crippen LogP contribution in [-0.2, 0) is 19.1 Å². The number of ether oxygens (including phenoxy) is 2. The number of nitrogens with zero attached hydrogens (tertiary/aromatic N) is 1. The Balaban J connectivity index is 1.26. The van der Waals surface area contributed by atoms with Gasteiger partial charge in [0.15, 0.2) is 0 Å². The van der Waals surface area contributed by atoms with Crippen LogP contribution in [0.3, 0.4) is 0 Å². The van der Waals surface area contributed by atoms with E-state index in [1.54, 1.807) is 11.2 Å². The maximum atomic E-state index is 12.5. The van der Waals surface area contributed by atoms with Crippen LogP contribution in [0.15, 0.2) is 41.0 Å². The molecule has 8 heteroatoms. The lowest BCUT2D eigenvalue weighted by Gasteiger charge is -2.33. The van der Waals surface area contributed by atoms with Crippen LogP contribution in [0.1, 0.15) is 63.5 Å². The van der Waals surface area contributed by atoms with Crippen molar-refractivity contribution < 1.29 is 28.3 Å². The highest BCUT2D eigenvalue weighted by atomic mass is 16.6. The molecule has 198 valence electrons. The van der Waals surface area contributed by atoms with Gasteiger partial charge in [0, 0.05) is 36.0 Å². The van der Waals surface area contributed by atoms with E-state index in [0.29, 0.717) is 38.1 Å². The van der Waals surface area contributed by atoms with Crippen molar-refractivity contribution in [3.63, 3.8) is 0 Å². The molecule has 38 heavy (non-hydrogen) atoms. The van der Waals surface area contributed by atoms with Crippen molar-refractivity contribution in [2.75, 3.05) is 19.7 Å². The summed E-state index contributed by atoms with van der Waals surface area (Å²) in [5.74, 6) is 5.42. The molecule has 2 aromatic carbocycles. The fourth-order valence-corrected chi connectivity index (χ4v) is 5.10. The van der Waals surface area contributed by atoms with Crippen molar-refractivity contribution in [3.05, 3.63) is 47.7 Å². The third-order valence-electron chi connectivity index (χ3n) is 6.95. The van der Waals surface area contributed by atoms with Crippen molar-refractivity contribution in [1.29, 1.82) is 0 Å². The number of carbonyl (C=O) groups excluding carboxylic acids is 3. The van der Waals surface area contributed by atoms with Gasteiger partial charge in [-0.25, -0.2) is 4.79 Å². The lowest BCUT2D eigenvalue weighted by atomic mass is 9.88. The average molecular weight is 517 g/mol. The van der Waals surface area contributed by atoms with Gasteiger partial charge in [0.05, 0.1) is 18.3 Å². The molecule has 3 amide bonds. The molecule has 2 saturated heterocycles. The maximum Gasteiger partial charge on any atom is 0.410 e. The van der Waals surface area contributed by atoms with Crippen LogP contribution in [0.25, 0.3) is 21.7 Å². The zero-order chi connectivity index (χ0) is 26.9. The minimum atomic E-state index is -0.502. The average Bonchev–Trinajstić information content (AvgIpc) is 3.30. The summed E-state index contributed by atoms with van der Waals surface area (Å²) in [4.78, 5) is 38.1. The lowest BCUT2D eigenvalue weighted by molar-refractivity contribution is -0.134. The molecule has 3 heterocycles. The van der Waals surface area contributed by atoms with Crippen LogP contribution in [0.5, 0.6) is 0 Å². The molecule has 2 aliphatic rings. The second-order valence-corrected chi connectivity index (χ2v) is 10.8. The molecule has 1 N–H and O–H groups in total. The van der Waals surface area contributed by atoms with Crippen LogP contribution in [0.2, 0.25) is 0 Å². The van der Waals surface area contributed by atoms with E-state index in [1.807, 2.05) is 51.1 Å². The Morgan fingerprint density at radius 3 is 2.63 bits per heavy atom. The summed E-state index contributed by atoms with van der Waals surface area (Å²) in [7, 11) is 0. The Labute approximate surface area is 221 Å². The van der Waals surface area contributed by atoms with Gasteiger partial charge in [0.25, 0.3) is 0 Å². The molecule has 3 aromatic rings. The van der Waals surface area contributed by atoms with E-state index in [4.69, 9.17) is 13.9 Å². The highest BCUT2D eigenvalue weighted by molar-refractivity contribution is 6.11. The van der Waals surface area contributed by atoms with Crippen LogP contribution < -0.4 is 5.32 Å². The molecule has 1 atom stereocenters. The van der Waals surface area contributed by atoms with Gasteiger partial charge >= 0.3 is 6.09 Å². The van der Waals surface area contributed by atoms with Crippen molar-refractivity contribution in [1.82, 2.24) is 10.2 Å². The van der Waals surface area contributed by atoms with Gasteiger partial charge in [0.2, 0.25) is 11.8 Å². The van der Waals surface area contributed by atoms with E-state index >= 15 is 0 Å². The quantitative estimate of drug-likeness (QED) is 0.394. The van der Waals surface area contributed by atoms with Crippen LogP contribution in [0, 0.1) is 11.8 Å². The minimum absolute atomic E-state index is 0.0529. The summed E-state index contributed by atoms with van der Waals surface area (Å²) in [5.41, 5.74) is 1.85. The maximum absolute atomic E-state index is 12.5. The third kappa shape index (κ3) is 5.53. The summed E-state index contributed by atoms with van der Waals surface area (Å²) < 4.78 is 17.2. The number of piperidine rings is 2. The monoisotopic (exact) mass is 516 g/mol. The molecule has 2 fully saturated rings. The number of carbonyl (C=O) groups is 3. The van der Waals surface area contributed by atoms with E-state index < -0.39 is 11.5 Å². The molecule has 1 unspecified atom stereocenters. The number of likely N-dealkylation sites (tertiary alicyclic amines) is 1. The van der Waals surface area contributed by atoms with E-state index in [1.165, 1.54) is 0 Å². The molecule has 0 aliphatic carbocycles. The van der Waals surface area contributed by atoms with Gasteiger partial charge in [-0.1, -0.05) is 24.0 Å². The SMILES string of the molecule is CC(C)(C)OC(=O)N1CCC(OCC#Cc2cccc3c2ccc2occ(C4CCC(=O)NC4=O)c23)CC1. The van der Waals surface area contributed by atoms with Crippen molar-refractivity contribution in [2.45, 2.75) is 64.1 Å². The number of nitrogens with one attached hydrogen (secondary N) is 1. The highest BCUT2D eigenvalue weighted by Crippen LogP contribution is 2.37. The Morgan fingerprint density at radius 1 is 1.11 bits per heavy atom. The number of hydrogen-bond acceptors (Lipinski definition) is 6. The van der Waals surface area contributed by atoms with Crippen molar-refractivity contribution >= 4 is 39.6 Å². The minimum Gasteiger partial charge on any atom is -0.464 e. The number of amides is 3. The molecule has 8 nitrogen and oxygen atoms in total. The zero-order valence-corrected chi connectivity index (χ0v) is 22.0. The molecular weight excluding hydrogens is 484 g/mol. The van der Waals surface area contributed by atoms with E-state index in [9.17, 15) is 14.4 Å². The molecule has 0 spiro atoms. The van der Waals surface area contributed by atoms with E-state index in [0.717, 1.165) is 40.1 Å². The predicted molar refractivity (Wildman–Crippen MR) is 143 cm³/mol. The second-order valence-electron chi connectivity index (χ2n) is 10.8. The summed E-state index contributed by atoms with van der Waals surface area (Å²) in [6.45, 7) is 7.10. The fraction of sp³-hybridized carbons (Fsp3) is 0.433. The number of imide groups is 1.